The summed E-state index contributed by atoms with van der Waals surface area (Å²) in [6, 6.07) is -0.254. The van der Waals surface area contributed by atoms with Crippen molar-refractivity contribution in [3.8, 4) is 0 Å². The fourth-order valence-electron chi connectivity index (χ4n) is 3.81. The average Bonchev–Trinajstić information content (AvgIpc) is 3.28. The molecule has 1 aliphatic heterocycles. The molecule has 23 heavy (non-hydrogen) atoms. The number of carbonyl (C=O) groups excluding carboxylic acids is 3. The minimum absolute atomic E-state index is 0.163. The zero-order valence-corrected chi connectivity index (χ0v) is 13.9. The van der Waals surface area contributed by atoms with Gasteiger partial charge in [0, 0.05) is 6.04 Å². The Morgan fingerprint density at radius 1 is 1.13 bits per heavy atom. The van der Waals surface area contributed by atoms with Gasteiger partial charge in [-0.25, -0.2) is 4.79 Å². The molecule has 2 saturated carbocycles. The van der Waals surface area contributed by atoms with Gasteiger partial charge in [0.05, 0.1) is 0 Å². The number of nitrogens with zero attached hydrogens (tertiary/aromatic N) is 1. The van der Waals surface area contributed by atoms with E-state index in [1.807, 2.05) is 0 Å². The highest BCUT2D eigenvalue weighted by molar-refractivity contribution is 6.09. The molecule has 3 rings (SSSR count). The van der Waals surface area contributed by atoms with Gasteiger partial charge in [-0.1, -0.05) is 32.1 Å². The third-order valence-corrected chi connectivity index (χ3v) is 5.47. The molecule has 3 aliphatic rings. The second kappa shape index (κ2) is 6.49. The number of nitrogens with one attached hydrogen (secondary N) is 2. The Hall–Kier alpha value is -1.59. The van der Waals surface area contributed by atoms with Crippen molar-refractivity contribution in [2.45, 2.75) is 76.3 Å². The van der Waals surface area contributed by atoms with E-state index in [1.54, 1.807) is 6.92 Å². The molecule has 128 valence electrons. The van der Waals surface area contributed by atoms with Crippen molar-refractivity contribution in [2.75, 3.05) is 6.54 Å². The van der Waals surface area contributed by atoms with Gasteiger partial charge in [-0.05, 0) is 38.5 Å². The Labute approximate surface area is 137 Å². The van der Waals surface area contributed by atoms with Crippen molar-refractivity contribution in [1.29, 1.82) is 0 Å². The van der Waals surface area contributed by atoms with Gasteiger partial charge in [0.25, 0.3) is 5.91 Å². The van der Waals surface area contributed by atoms with Crippen LogP contribution in [0.4, 0.5) is 4.79 Å². The summed E-state index contributed by atoms with van der Waals surface area (Å²) in [6.45, 7) is 1.61. The number of imide groups is 1. The Morgan fingerprint density at radius 3 is 2.35 bits per heavy atom. The first-order chi connectivity index (χ1) is 11.0. The topological polar surface area (TPSA) is 78.5 Å². The zero-order valence-electron chi connectivity index (χ0n) is 13.9. The lowest BCUT2D eigenvalue weighted by Crippen LogP contribution is -2.47. The number of amides is 4. The van der Waals surface area contributed by atoms with E-state index in [2.05, 4.69) is 10.6 Å². The summed E-state index contributed by atoms with van der Waals surface area (Å²) in [5.41, 5.74) is -0.808. The molecule has 0 aromatic rings. The first kappa shape index (κ1) is 16.3. The van der Waals surface area contributed by atoms with Crippen LogP contribution < -0.4 is 10.6 Å². The highest BCUT2D eigenvalue weighted by atomic mass is 16.2. The van der Waals surface area contributed by atoms with Gasteiger partial charge >= 0.3 is 6.03 Å². The van der Waals surface area contributed by atoms with E-state index in [4.69, 9.17) is 0 Å². The number of carbonyl (C=O) groups is 3. The lowest BCUT2D eigenvalue weighted by Gasteiger charge is -2.23. The number of hydrogen-bond acceptors (Lipinski definition) is 3. The standard InChI is InChI=1S/C17H27N3O3/c1-17(12-9-10-12)15(22)20(16(23)19-17)11-14(21)18-13-7-5-3-2-4-6-8-13/h12-13H,2-11H2,1H3,(H,18,21)(H,19,23). The molecule has 0 bridgehead atoms. The van der Waals surface area contributed by atoms with Crippen LogP contribution in [0.2, 0.25) is 0 Å². The minimum Gasteiger partial charge on any atom is -0.352 e. The van der Waals surface area contributed by atoms with Crippen LogP contribution in [-0.2, 0) is 9.59 Å². The summed E-state index contributed by atoms with van der Waals surface area (Å²) in [7, 11) is 0. The molecule has 0 aromatic carbocycles. The molecule has 4 amide bonds. The molecule has 1 saturated heterocycles. The third-order valence-electron chi connectivity index (χ3n) is 5.47. The SMILES string of the molecule is CC1(C2CC2)NC(=O)N(CC(=O)NC2CCCCCCC2)C1=O. The normalized spacial score (nSPS) is 29.9. The highest BCUT2D eigenvalue weighted by Gasteiger charge is 2.56. The number of urea groups is 1. The van der Waals surface area contributed by atoms with Crippen LogP contribution in [0.25, 0.3) is 0 Å². The molecule has 1 heterocycles. The van der Waals surface area contributed by atoms with Gasteiger partial charge in [-0.15, -0.1) is 0 Å². The van der Waals surface area contributed by atoms with Crippen molar-refractivity contribution >= 4 is 17.8 Å². The monoisotopic (exact) mass is 321 g/mol. The molecular weight excluding hydrogens is 294 g/mol. The second-order valence-corrected chi connectivity index (χ2v) is 7.41. The summed E-state index contributed by atoms with van der Waals surface area (Å²) in [4.78, 5) is 37.9. The maximum Gasteiger partial charge on any atom is 0.325 e. The summed E-state index contributed by atoms with van der Waals surface area (Å²) in [5, 5.41) is 5.79. The van der Waals surface area contributed by atoms with Crippen molar-refractivity contribution in [3.63, 3.8) is 0 Å². The van der Waals surface area contributed by atoms with E-state index in [1.165, 1.54) is 19.3 Å². The number of rotatable bonds is 4. The molecule has 0 spiro atoms. The van der Waals surface area contributed by atoms with Crippen molar-refractivity contribution in [3.05, 3.63) is 0 Å². The Bertz CT molecular complexity index is 495. The molecular formula is C17H27N3O3. The molecule has 6 nitrogen and oxygen atoms in total. The fraction of sp³-hybridized carbons (Fsp3) is 0.824. The van der Waals surface area contributed by atoms with Gasteiger partial charge < -0.3 is 10.6 Å². The summed E-state index contributed by atoms with van der Waals surface area (Å²) >= 11 is 0. The maximum atomic E-state index is 12.5. The van der Waals surface area contributed by atoms with Crippen LogP contribution in [0.1, 0.15) is 64.7 Å². The molecule has 2 aliphatic carbocycles. The van der Waals surface area contributed by atoms with Gasteiger partial charge in [0.1, 0.15) is 12.1 Å². The lowest BCUT2D eigenvalue weighted by molar-refractivity contribution is -0.135. The minimum atomic E-state index is -0.808. The van der Waals surface area contributed by atoms with Gasteiger partial charge in [0.15, 0.2) is 0 Å². The van der Waals surface area contributed by atoms with E-state index < -0.39 is 11.6 Å². The molecule has 1 atom stereocenters. The van der Waals surface area contributed by atoms with Crippen molar-refractivity contribution in [1.82, 2.24) is 15.5 Å². The van der Waals surface area contributed by atoms with Gasteiger partial charge in [-0.3, -0.25) is 14.5 Å². The predicted molar refractivity (Wildman–Crippen MR) is 85.6 cm³/mol. The van der Waals surface area contributed by atoms with Crippen molar-refractivity contribution < 1.29 is 14.4 Å². The van der Waals surface area contributed by atoms with Crippen LogP contribution in [0.15, 0.2) is 0 Å². The first-order valence-electron chi connectivity index (χ1n) is 8.94. The Balaban J connectivity index is 1.54. The highest BCUT2D eigenvalue weighted by Crippen LogP contribution is 2.42. The molecule has 6 heteroatoms. The third kappa shape index (κ3) is 3.51. The summed E-state index contributed by atoms with van der Waals surface area (Å²) in [5.74, 6) is -0.255. The predicted octanol–water partition coefficient (Wildman–Crippen LogP) is 1.94. The van der Waals surface area contributed by atoms with Crippen LogP contribution in [0.5, 0.6) is 0 Å². The molecule has 3 fully saturated rings. The van der Waals surface area contributed by atoms with Crippen LogP contribution in [-0.4, -0.2) is 40.9 Å². The fourth-order valence-corrected chi connectivity index (χ4v) is 3.81. The van der Waals surface area contributed by atoms with E-state index in [9.17, 15) is 14.4 Å². The summed E-state index contributed by atoms with van der Waals surface area (Å²) < 4.78 is 0. The molecule has 1 unspecified atom stereocenters. The quantitative estimate of drug-likeness (QED) is 0.777. The Morgan fingerprint density at radius 2 is 1.74 bits per heavy atom. The molecule has 0 radical (unpaired) electrons. The van der Waals surface area contributed by atoms with Crippen LogP contribution in [0.3, 0.4) is 0 Å². The van der Waals surface area contributed by atoms with E-state index in [0.717, 1.165) is 43.4 Å². The van der Waals surface area contributed by atoms with E-state index in [0.29, 0.717) is 0 Å². The largest absolute Gasteiger partial charge is 0.352 e. The summed E-state index contributed by atoms with van der Waals surface area (Å²) in [6.07, 6.45) is 9.90. The van der Waals surface area contributed by atoms with E-state index >= 15 is 0 Å². The van der Waals surface area contributed by atoms with Gasteiger partial charge in [-0.2, -0.15) is 0 Å². The number of hydrogen-bond donors (Lipinski definition) is 2. The smallest absolute Gasteiger partial charge is 0.325 e. The maximum absolute atomic E-state index is 12.5. The average molecular weight is 321 g/mol. The van der Waals surface area contributed by atoms with Crippen molar-refractivity contribution in [2.24, 2.45) is 5.92 Å². The van der Waals surface area contributed by atoms with E-state index in [-0.39, 0.29) is 30.3 Å². The van der Waals surface area contributed by atoms with Crippen LogP contribution in [0, 0.1) is 5.92 Å². The van der Waals surface area contributed by atoms with Crippen LogP contribution >= 0.6 is 0 Å². The molecule has 0 aromatic heterocycles. The lowest BCUT2D eigenvalue weighted by atomic mass is 9.96. The zero-order chi connectivity index (χ0) is 16.4. The molecule has 2 N–H and O–H groups in total. The Kier molecular flexibility index (Phi) is 4.60. The second-order valence-electron chi connectivity index (χ2n) is 7.41. The van der Waals surface area contributed by atoms with Gasteiger partial charge in [0.2, 0.25) is 5.91 Å². The first-order valence-corrected chi connectivity index (χ1v) is 8.94.